The molecule has 2 N–H and O–H groups in total. The van der Waals surface area contributed by atoms with Gasteiger partial charge in [-0.1, -0.05) is 0 Å². The van der Waals surface area contributed by atoms with Crippen molar-refractivity contribution in [3.63, 3.8) is 0 Å². The van der Waals surface area contributed by atoms with E-state index < -0.39 is 0 Å². The summed E-state index contributed by atoms with van der Waals surface area (Å²) in [6.45, 7) is 1.75. The van der Waals surface area contributed by atoms with Gasteiger partial charge in [0, 0.05) is 18.3 Å². The summed E-state index contributed by atoms with van der Waals surface area (Å²) in [5.41, 5.74) is 4.18. The number of hydrogen-bond donors (Lipinski definition) is 2. The van der Waals surface area contributed by atoms with Crippen LogP contribution in [0.3, 0.4) is 0 Å². The average molecular weight is 396 g/mol. The number of nitriles is 1. The first kappa shape index (κ1) is 18.2. The first-order valence-electron chi connectivity index (χ1n) is 8.94. The minimum atomic E-state index is -0.130. The van der Waals surface area contributed by atoms with Crippen molar-refractivity contribution >= 4 is 29.1 Å². The summed E-state index contributed by atoms with van der Waals surface area (Å²) in [5, 5.41) is 16.9. The summed E-state index contributed by atoms with van der Waals surface area (Å²) in [5.74, 6) is 0. The number of halogens is 1. The molecule has 0 amide bonds. The van der Waals surface area contributed by atoms with Crippen molar-refractivity contribution in [3.05, 3.63) is 52.7 Å². The molecule has 1 aliphatic heterocycles. The Balaban J connectivity index is 0.00000192. The summed E-state index contributed by atoms with van der Waals surface area (Å²) in [6, 6.07) is 9.52. The number of rotatable bonds is 2. The van der Waals surface area contributed by atoms with Gasteiger partial charge in [-0.15, -0.1) is 12.4 Å². The lowest BCUT2D eigenvalue weighted by Crippen LogP contribution is -2.35. The van der Waals surface area contributed by atoms with Crippen molar-refractivity contribution in [2.75, 3.05) is 13.1 Å². The van der Waals surface area contributed by atoms with Gasteiger partial charge in [-0.25, -0.2) is 14.3 Å². The molecule has 4 aromatic rings. The van der Waals surface area contributed by atoms with Gasteiger partial charge >= 0.3 is 5.69 Å². The first-order chi connectivity index (χ1) is 13.2. The van der Waals surface area contributed by atoms with E-state index in [2.05, 4.69) is 21.5 Å². The number of aromatic nitrogens is 5. The predicted molar refractivity (Wildman–Crippen MR) is 108 cm³/mol. The van der Waals surface area contributed by atoms with Crippen LogP contribution < -0.4 is 11.0 Å². The second-order valence-corrected chi connectivity index (χ2v) is 6.78. The van der Waals surface area contributed by atoms with E-state index in [1.54, 1.807) is 33.6 Å². The fourth-order valence-corrected chi connectivity index (χ4v) is 3.79. The Bertz CT molecular complexity index is 1260. The van der Waals surface area contributed by atoms with Crippen LogP contribution in [0.1, 0.15) is 24.4 Å². The lowest BCUT2D eigenvalue weighted by Gasteiger charge is -2.23. The number of pyridine rings is 2. The molecule has 1 atom stereocenters. The van der Waals surface area contributed by atoms with Crippen molar-refractivity contribution in [2.24, 2.45) is 0 Å². The third kappa shape index (κ3) is 2.85. The van der Waals surface area contributed by atoms with Crippen LogP contribution in [0.4, 0.5) is 0 Å². The lowest BCUT2D eigenvalue weighted by molar-refractivity contribution is 0.370. The molecular formula is C19H18ClN7O. The summed E-state index contributed by atoms with van der Waals surface area (Å²) < 4.78 is 3.48. The Morgan fingerprint density at radius 3 is 2.96 bits per heavy atom. The predicted octanol–water partition coefficient (Wildman–Crippen LogP) is 2.26. The van der Waals surface area contributed by atoms with Crippen molar-refractivity contribution in [2.45, 2.75) is 18.9 Å². The zero-order valence-electron chi connectivity index (χ0n) is 14.9. The first-order valence-corrected chi connectivity index (χ1v) is 8.94. The van der Waals surface area contributed by atoms with Gasteiger partial charge in [0.05, 0.1) is 40.6 Å². The van der Waals surface area contributed by atoms with E-state index in [0.717, 1.165) is 48.2 Å². The molecule has 28 heavy (non-hydrogen) atoms. The third-order valence-electron chi connectivity index (χ3n) is 5.13. The average Bonchev–Trinajstić information content (AvgIpc) is 3.27. The smallest absolute Gasteiger partial charge is 0.315 e. The van der Waals surface area contributed by atoms with Gasteiger partial charge in [0.2, 0.25) is 0 Å². The SMILES string of the molecule is Cl.N#Cc1ccn2ncc(-c3ccc4[nH]c(=O)n([C@H]5CCCNC5)c4n3)c2c1. The highest BCUT2D eigenvalue weighted by molar-refractivity contribution is 5.85. The largest absolute Gasteiger partial charge is 0.327 e. The molecule has 0 unspecified atom stereocenters. The van der Waals surface area contributed by atoms with E-state index in [0.29, 0.717) is 11.2 Å². The summed E-state index contributed by atoms with van der Waals surface area (Å²) in [4.78, 5) is 20.2. The van der Waals surface area contributed by atoms with Gasteiger partial charge in [-0.2, -0.15) is 10.4 Å². The van der Waals surface area contributed by atoms with Crippen molar-refractivity contribution < 1.29 is 0 Å². The Morgan fingerprint density at radius 1 is 1.29 bits per heavy atom. The number of piperidine rings is 1. The number of imidazole rings is 1. The van der Waals surface area contributed by atoms with Gasteiger partial charge < -0.3 is 10.3 Å². The number of hydrogen-bond acceptors (Lipinski definition) is 5. The molecule has 0 aromatic carbocycles. The number of H-pyrrole nitrogens is 1. The highest BCUT2D eigenvalue weighted by Crippen LogP contribution is 2.26. The monoisotopic (exact) mass is 395 g/mol. The fraction of sp³-hybridized carbons (Fsp3) is 0.263. The molecule has 1 saturated heterocycles. The molecule has 1 fully saturated rings. The molecule has 142 valence electrons. The maximum atomic E-state index is 12.5. The minimum Gasteiger partial charge on any atom is -0.315 e. The van der Waals surface area contributed by atoms with E-state index in [4.69, 9.17) is 4.98 Å². The molecule has 0 saturated carbocycles. The van der Waals surface area contributed by atoms with Gasteiger partial charge in [0.1, 0.15) is 0 Å². The van der Waals surface area contributed by atoms with Crippen LogP contribution in [0.25, 0.3) is 27.9 Å². The highest BCUT2D eigenvalue weighted by atomic mass is 35.5. The quantitative estimate of drug-likeness (QED) is 0.541. The molecular weight excluding hydrogens is 378 g/mol. The number of nitrogens with zero attached hydrogens (tertiary/aromatic N) is 5. The molecule has 0 spiro atoms. The molecule has 0 aliphatic carbocycles. The molecule has 4 aromatic heterocycles. The van der Waals surface area contributed by atoms with Crippen LogP contribution in [0.2, 0.25) is 0 Å². The zero-order valence-corrected chi connectivity index (χ0v) is 15.7. The van der Waals surface area contributed by atoms with Crippen LogP contribution in [0.15, 0.2) is 41.5 Å². The molecule has 0 bridgehead atoms. The van der Waals surface area contributed by atoms with Crippen LogP contribution >= 0.6 is 12.4 Å². The molecule has 1 aliphatic rings. The molecule has 5 rings (SSSR count). The highest BCUT2D eigenvalue weighted by Gasteiger charge is 2.21. The van der Waals surface area contributed by atoms with E-state index in [-0.39, 0.29) is 24.1 Å². The van der Waals surface area contributed by atoms with Crippen LogP contribution in [0.5, 0.6) is 0 Å². The Hall–Kier alpha value is -3.15. The minimum absolute atomic E-state index is 0. The number of fused-ring (bicyclic) bond motifs is 2. The summed E-state index contributed by atoms with van der Waals surface area (Å²) in [6.07, 6.45) is 5.49. The lowest BCUT2D eigenvalue weighted by atomic mass is 10.1. The van der Waals surface area contributed by atoms with E-state index >= 15 is 0 Å². The molecule has 9 heteroatoms. The Morgan fingerprint density at radius 2 is 2.18 bits per heavy atom. The van der Waals surface area contributed by atoms with Crippen LogP contribution in [-0.4, -0.2) is 37.2 Å². The molecule has 0 radical (unpaired) electrons. The van der Waals surface area contributed by atoms with Gasteiger partial charge in [0.25, 0.3) is 0 Å². The van der Waals surface area contributed by atoms with Gasteiger partial charge in [-0.3, -0.25) is 4.57 Å². The Labute approximate surface area is 166 Å². The van der Waals surface area contributed by atoms with Crippen LogP contribution in [-0.2, 0) is 0 Å². The van der Waals surface area contributed by atoms with Crippen molar-refractivity contribution in [1.29, 1.82) is 5.26 Å². The second-order valence-electron chi connectivity index (χ2n) is 6.78. The Kier molecular flexibility index (Phi) is 4.63. The standard InChI is InChI=1S/C19H17N7O.ClH/c20-9-12-5-7-25-17(8-12)14(11-22-25)15-3-4-16-18(23-15)26(19(27)24-16)13-2-1-6-21-10-13;/h3-5,7-8,11,13,21H,1-2,6,10H2,(H,24,27);1H/t13-;/m0./s1. The third-order valence-corrected chi connectivity index (χ3v) is 5.13. The molecule has 5 heterocycles. The van der Waals surface area contributed by atoms with E-state index in [1.165, 1.54) is 0 Å². The number of aromatic amines is 1. The van der Waals surface area contributed by atoms with Gasteiger partial charge in [-0.05, 0) is 43.7 Å². The van der Waals surface area contributed by atoms with E-state index in [1.807, 2.05) is 12.1 Å². The van der Waals surface area contributed by atoms with Crippen LogP contribution in [0, 0.1) is 11.3 Å². The van der Waals surface area contributed by atoms with E-state index in [9.17, 15) is 10.1 Å². The van der Waals surface area contributed by atoms with Gasteiger partial charge in [0.15, 0.2) is 5.65 Å². The number of nitrogens with one attached hydrogen (secondary N) is 2. The maximum Gasteiger partial charge on any atom is 0.327 e. The zero-order chi connectivity index (χ0) is 18.4. The van der Waals surface area contributed by atoms with Crippen molar-refractivity contribution in [3.8, 4) is 17.3 Å². The summed E-state index contributed by atoms with van der Waals surface area (Å²) >= 11 is 0. The maximum absolute atomic E-state index is 12.5. The fourth-order valence-electron chi connectivity index (χ4n) is 3.79. The topological polar surface area (TPSA) is 104 Å². The van der Waals surface area contributed by atoms with Crippen molar-refractivity contribution in [1.82, 2.24) is 29.5 Å². The summed E-state index contributed by atoms with van der Waals surface area (Å²) in [7, 11) is 0. The molecule has 8 nitrogen and oxygen atoms in total. The normalized spacial score (nSPS) is 16.8. The second kappa shape index (κ2) is 7.11.